The molecule has 32 heavy (non-hydrogen) atoms. The number of hydrogen-bond acceptors (Lipinski definition) is 5. The summed E-state index contributed by atoms with van der Waals surface area (Å²) in [5.74, 6) is 2.81. The van der Waals surface area contributed by atoms with Crippen molar-refractivity contribution in [2.75, 3.05) is 13.7 Å². The number of benzene rings is 3. The number of aliphatic hydroxyl groups excluding tert-OH is 1. The number of nitrogens with zero attached hydrogens (tertiary/aromatic N) is 2. The SMILES string of the molecule is COc1ccccc1OCC(O)Cn1c(COc2ccc(C)cc2C)nc2ccccc21. The summed E-state index contributed by atoms with van der Waals surface area (Å²) in [6.45, 7) is 4.86. The van der Waals surface area contributed by atoms with Crippen LogP contribution in [0, 0.1) is 13.8 Å². The standard InChI is InChI=1S/C26H28N2O4/c1-18-12-13-23(19(2)14-18)32-17-26-27-21-8-4-5-9-22(21)28(26)15-20(29)16-31-25-11-7-6-10-24(25)30-3/h4-14,20,29H,15-17H2,1-3H3. The van der Waals surface area contributed by atoms with E-state index in [2.05, 4.69) is 13.0 Å². The second kappa shape index (κ2) is 9.75. The molecule has 0 saturated heterocycles. The van der Waals surface area contributed by atoms with Gasteiger partial charge in [0.1, 0.15) is 30.9 Å². The van der Waals surface area contributed by atoms with E-state index in [4.69, 9.17) is 19.2 Å². The molecular formula is C26H28N2O4. The van der Waals surface area contributed by atoms with Crippen molar-refractivity contribution in [3.8, 4) is 17.2 Å². The lowest BCUT2D eigenvalue weighted by molar-refractivity contribution is 0.0903. The van der Waals surface area contributed by atoms with Crippen molar-refractivity contribution in [3.63, 3.8) is 0 Å². The van der Waals surface area contributed by atoms with Crippen LogP contribution in [0.15, 0.2) is 66.7 Å². The highest BCUT2D eigenvalue weighted by Gasteiger charge is 2.16. The first-order chi connectivity index (χ1) is 15.5. The zero-order valence-corrected chi connectivity index (χ0v) is 18.6. The van der Waals surface area contributed by atoms with Gasteiger partial charge >= 0.3 is 0 Å². The maximum absolute atomic E-state index is 10.7. The number of para-hydroxylation sites is 4. The number of ether oxygens (including phenoxy) is 3. The van der Waals surface area contributed by atoms with Crippen molar-refractivity contribution in [1.29, 1.82) is 0 Å². The largest absolute Gasteiger partial charge is 0.493 e. The number of aryl methyl sites for hydroxylation is 2. The molecule has 0 amide bonds. The number of fused-ring (bicyclic) bond motifs is 1. The average molecular weight is 433 g/mol. The first kappa shape index (κ1) is 21.7. The fourth-order valence-corrected chi connectivity index (χ4v) is 3.73. The highest BCUT2D eigenvalue weighted by molar-refractivity contribution is 5.75. The topological polar surface area (TPSA) is 65.7 Å². The van der Waals surface area contributed by atoms with Crippen molar-refractivity contribution in [3.05, 3.63) is 83.7 Å². The highest BCUT2D eigenvalue weighted by atomic mass is 16.5. The molecule has 166 valence electrons. The molecule has 1 heterocycles. The molecule has 6 nitrogen and oxygen atoms in total. The second-order valence-corrected chi connectivity index (χ2v) is 7.80. The van der Waals surface area contributed by atoms with Crippen molar-refractivity contribution in [1.82, 2.24) is 9.55 Å². The minimum absolute atomic E-state index is 0.129. The summed E-state index contributed by atoms with van der Waals surface area (Å²) < 4.78 is 19.2. The Labute approximate surface area is 188 Å². The van der Waals surface area contributed by atoms with Gasteiger partial charge in [-0.2, -0.15) is 0 Å². The number of aromatic nitrogens is 2. The van der Waals surface area contributed by atoms with Gasteiger partial charge in [0.15, 0.2) is 11.5 Å². The van der Waals surface area contributed by atoms with Gasteiger partial charge in [0, 0.05) is 0 Å². The van der Waals surface area contributed by atoms with E-state index in [1.54, 1.807) is 7.11 Å². The first-order valence-corrected chi connectivity index (χ1v) is 10.6. The van der Waals surface area contributed by atoms with Crippen LogP contribution in [0.5, 0.6) is 17.2 Å². The van der Waals surface area contributed by atoms with Gasteiger partial charge in [0.2, 0.25) is 0 Å². The van der Waals surface area contributed by atoms with Gasteiger partial charge in [0.25, 0.3) is 0 Å². The molecule has 3 aromatic carbocycles. The maximum Gasteiger partial charge on any atom is 0.161 e. The van der Waals surface area contributed by atoms with Gasteiger partial charge in [-0.05, 0) is 49.7 Å². The van der Waals surface area contributed by atoms with Gasteiger partial charge in [-0.25, -0.2) is 4.98 Å². The number of rotatable bonds is 9. The van der Waals surface area contributed by atoms with Crippen LogP contribution >= 0.6 is 0 Å². The third-order valence-electron chi connectivity index (χ3n) is 5.31. The Morgan fingerprint density at radius 2 is 1.66 bits per heavy atom. The number of methoxy groups -OCH3 is 1. The van der Waals surface area contributed by atoms with Gasteiger partial charge in [0.05, 0.1) is 24.7 Å². The fraction of sp³-hybridized carbons (Fsp3) is 0.269. The molecule has 0 bridgehead atoms. The molecule has 0 saturated carbocycles. The van der Waals surface area contributed by atoms with Gasteiger partial charge < -0.3 is 23.9 Å². The smallest absolute Gasteiger partial charge is 0.161 e. The molecule has 4 rings (SSSR count). The van der Waals surface area contributed by atoms with E-state index in [0.29, 0.717) is 24.7 Å². The molecule has 0 aliphatic carbocycles. The Balaban J connectivity index is 1.50. The van der Waals surface area contributed by atoms with Crippen molar-refractivity contribution in [2.45, 2.75) is 33.1 Å². The normalized spacial score (nSPS) is 12.0. The monoisotopic (exact) mass is 432 g/mol. The predicted octanol–water partition coefficient (Wildman–Crippen LogP) is 4.68. The van der Waals surface area contributed by atoms with E-state index in [-0.39, 0.29) is 6.61 Å². The van der Waals surface area contributed by atoms with E-state index in [1.807, 2.05) is 72.2 Å². The zero-order valence-electron chi connectivity index (χ0n) is 18.6. The van der Waals surface area contributed by atoms with Crippen molar-refractivity contribution < 1.29 is 19.3 Å². The van der Waals surface area contributed by atoms with Crippen LogP contribution in [0.1, 0.15) is 17.0 Å². The summed E-state index contributed by atoms with van der Waals surface area (Å²) in [5.41, 5.74) is 4.09. The minimum atomic E-state index is -0.739. The van der Waals surface area contributed by atoms with E-state index in [0.717, 1.165) is 28.2 Å². The van der Waals surface area contributed by atoms with Crippen LogP contribution < -0.4 is 14.2 Å². The molecule has 0 aliphatic heterocycles. The second-order valence-electron chi connectivity index (χ2n) is 7.80. The number of imidazole rings is 1. The predicted molar refractivity (Wildman–Crippen MR) is 124 cm³/mol. The molecule has 1 atom stereocenters. The van der Waals surface area contributed by atoms with Crippen molar-refractivity contribution >= 4 is 11.0 Å². The van der Waals surface area contributed by atoms with E-state index in [1.165, 1.54) is 5.56 Å². The quantitative estimate of drug-likeness (QED) is 0.416. The Kier molecular flexibility index (Phi) is 6.61. The zero-order chi connectivity index (χ0) is 22.5. The molecule has 6 heteroatoms. The Bertz CT molecular complexity index is 1200. The van der Waals surface area contributed by atoms with Crippen molar-refractivity contribution in [2.24, 2.45) is 0 Å². The first-order valence-electron chi connectivity index (χ1n) is 10.6. The average Bonchev–Trinajstić information content (AvgIpc) is 3.14. The summed E-state index contributed by atoms with van der Waals surface area (Å²) in [7, 11) is 1.60. The number of aliphatic hydroxyl groups is 1. The van der Waals surface area contributed by atoms with Crippen LogP contribution in [-0.2, 0) is 13.2 Å². The van der Waals surface area contributed by atoms with E-state index >= 15 is 0 Å². The molecule has 0 radical (unpaired) electrons. The summed E-state index contributed by atoms with van der Waals surface area (Å²) in [4.78, 5) is 4.74. The highest BCUT2D eigenvalue weighted by Crippen LogP contribution is 2.26. The summed E-state index contributed by atoms with van der Waals surface area (Å²) in [5, 5.41) is 10.7. The number of hydrogen-bond donors (Lipinski definition) is 1. The molecule has 1 unspecified atom stereocenters. The van der Waals surface area contributed by atoms with Crippen LogP contribution in [0.2, 0.25) is 0 Å². The van der Waals surface area contributed by atoms with Gasteiger partial charge in [-0.3, -0.25) is 0 Å². The summed E-state index contributed by atoms with van der Waals surface area (Å²) >= 11 is 0. The Hall–Kier alpha value is -3.51. The van der Waals surface area contributed by atoms with E-state index in [9.17, 15) is 5.11 Å². The van der Waals surface area contributed by atoms with Crippen LogP contribution in [0.3, 0.4) is 0 Å². The van der Waals surface area contributed by atoms with Gasteiger partial charge in [-0.15, -0.1) is 0 Å². The molecular weight excluding hydrogens is 404 g/mol. The summed E-state index contributed by atoms with van der Waals surface area (Å²) in [6.07, 6.45) is -0.739. The Morgan fingerprint density at radius 1 is 0.906 bits per heavy atom. The molecule has 0 fully saturated rings. The Morgan fingerprint density at radius 3 is 2.44 bits per heavy atom. The summed E-state index contributed by atoms with van der Waals surface area (Å²) in [6, 6.07) is 21.4. The lowest BCUT2D eigenvalue weighted by atomic mass is 10.1. The van der Waals surface area contributed by atoms with Crippen LogP contribution in [0.4, 0.5) is 0 Å². The molecule has 4 aromatic rings. The van der Waals surface area contributed by atoms with E-state index < -0.39 is 6.10 Å². The van der Waals surface area contributed by atoms with Gasteiger partial charge in [-0.1, -0.05) is 42.0 Å². The molecule has 1 N–H and O–H groups in total. The minimum Gasteiger partial charge on any atom is -0.493 e. The molecule has 0 aliphatic rings. The maximum atomic E-state index is 10.7. The van der Waals surface area contributed by atoms with Crippen LogP contribution in [0.25, 0.3) is 11.0 Å². The molecule has 0 spiro atoms. The fourth-order valence-electron chi connectivity index (χ4n) is 3.73. The lowest BCUT2D eigenvalue weighted by Crippen LogP contribution is -2.25. The molecule has 1 aromatic heterocycles. The lowest BCUT2D eigenvalue weighted by Gasteiger charge is -2.17. The third kappa shape index (κ3) is 4.86. The van der Waals surface area contributed by atoms with Crippen LogP contribution in [-0.4, -0.2) is 34.5 Å². The third-order valence-corrected chi connectivity index (χ3v) is 5.31.